The molecule has 1 aromatic carbocycles. The van der Waals surface area contributed by atoms with E-state index in [0.29, 0.717) is 13.2 Å². The van der Waals surface area contributed by atoms with Gasteiger partial charge in [-0.3, -0.25) is 0 Å². The zero-order valence-electron chi connectivity index (χ0n) is 13.1. The van der Waals surface area contributed by atoms with Crippen LogP contribution in [-0.2, 0) is 4.74 Å². The Morgan fingerprint density at radius 3 is 2.65 bits per heavy atom. The predicted octanol–water partition coefficient (Wildman–Crippen LogP) is 3.17. The van der Waals surface area contributed by atoms with Crippen molar-refractivity contribution in [1.82, 2.24) is 5.32 Å². The maximum atomic E-state index is 5.88. The molecule has 0 aliphatic heterocycles. The average molecular weight is 281 g/mol. The summed E-state index contributed by atoms with van der Waals surface area (Å²) in [5, 5.41) is 3.48. The zero-order valence-corrected chi connectivity index (χ0v) is 13.1. The third kappa shape index (κ3) is 5.39. The fraction of sp³-hybridized carbons (Fsp3) is 0.625. The lowest BCUT2D eigenvalue weighted by molar-refractivity contribution is 0.171. The molecule has 114 valence electrons. The zero-order chi connectivity index (χ0) is 14.8. The number of methoxy groups -OCH3 is 2. The first-order valence-electron chi connectivity index (χ1n) is 7.26. The second-order valence-corrected chi connectivity index (χ2v) is 4.77. The van der Waals surface area contributed by atoms with Crippen LogP contribution >= 0.6 is 0 Å². The summed E-state index contributed by atoms with van der Waals surface area (Å²) >= 11 is 0. The average Bonchev–Trinajstić information content (AvgIpc) is 2.49. The number of hydrogen-bond acceptors (Lipinski definition) is 4. The maximum Gasteiger partial charge on any atom is 0.127 e. The molecule has 0 heterocycles. The first-order chi connectivity index (χ1) is 9.72. The number of benzene rings is 1. The first kappa shape index (κ1) is 16.8. The molecule has 1 aromatic rings. The molecule has 0 amide bonds. The lowest BCUT2D eigenvalue weighted by Gasteiger charge is -2.19. The van der Waals surface area contributed by atoms with Crippen molar-refractivity contribution >= 4 is 0 Å². The van der Waals surface area contributed by atoms with Crippen LogP contribution < -0.4 is 14.8 Å². The van der Waals surface area contributed by atoms with Gasteiger partial charge in [0.2, 0.25) is 0 Å². The van der Waals surface area contributed by atoms with Crippen LogP contribution in [0.4, 0.5) is 0 Å². The Kier molecular flexibility index (Phi) is 8.07. The molecule has 0 saturated heterocycles. The Balaban J connectivity index is 2.74. The molecule has 0 spiro atoms. The molecule has 1 unspecified atom stereocenters. The molecule has 0 aliphatic rings. The quantitative estimate of drug-likeness (QED) is 0.669. The van der Waals surface area contributed by atoms with Crippen LogP contribution in [0.5, 0.6) is 11.5 Å². The van der Waals surface area contributed by atoms with E-state index in [4.69, 9.17) is 14.2 Å². The van der Waals surface area contributed by atoms with Crippen molar-refractivity contribution in [3.63, 3.8) is 0 Å². The SMILES string of the molecule is CCCNC(C)c1ccc(OC)cc1OCCCOC. The molecule has 1 N–H and O–H groups in total. The van der Waals surface area contributed by atoms with Gasteiger partial charge in [0, 0.05) is 37.8 Å². The smallest absolute Gasteiger partial charge is 0.127 e. The van der Waals surface area contributed by atoms with E-state index in [1.54, 1.807) is 14.2 Å². The Morgan fingerprint density at radius 1 is 1.20 bits per heavy atom. The van der Waals surface area contributed by atoms with E-state index in [2.05, 4.69) is 25.2 Å². The van der Waals surface area contributed by atoms with Gasteiger partial charge in [0.05, 0.1) is 13.7 Å². The molecule has 4 heteroatoms. The van der Waals surface area contributed by atoms with E-state index in [1.807, 2.05) is 12.1 Å². The maximum absolute atomic E-state index is 5.88. The third-order valence-electron chi connectivity index (χ3n) is 3.14. The highest BCUT2D eigenvalue weighted by Gasteiger charge is 2.12. The number of ether oxygens (including phenoxy) is 3. The van der Waals surface area contributed by atoms with Crippen molar-refractivity contribution in [3.05, 3.63) is 23.8 Å². The molecule has 1 rings (SSSR count). The Morgan fingerprint density at radius 2 is 2.00 bits per heavy atom. The van der Waals surface area contributed by atoms with Crippen molar-refractivity contribution in [3.8, 4) is 11.5 Å². The van der Waals surface area contributed by atoms with Gasteiger partial charge in [0.25, 0.3) is 0 Å². The van der Waals surface area contributed by atoms with Gasteiger partial charge in [-0.2, -0.15) is 0 Å². The van der Waals surface area contributed by atoms with Crippen molar-refractivity contribution in [1.29, 1.82) is 0 Å². The van der Waals surface area contributed by atoms with Crippen LogP contribution in [0.3, 0.4) is 0 Å². The summed E-state index contributed by atoms with van der Waals surface area (Å²) in [4.78, 5) is 0. The predicted molar refractivity (Wildman–Crippen MR) is 81.7 cm³/mol. The Bertz CT molecular complexity index is 382. The highest BCUT2D eigenvalue weighted by molar-refractivity contribution is 5.42. The van der Waals surface area contributed by atoms with Crippen LogP contribution in [0.15, 0.2) is 18.2 Å². The van der Waals surface area contributed by atoms with E-state index in [-0.39, 0.29) is 6.04 Å². The normalized spacial score (nSPS) is 12.2. The van der Waals surface area contributed by atoms with Crippen LogP contribution in [0.25, 0.3) is 0 Å². The number of hydrogen-bond donors (Lipinski definition) is 1. The van der Waals surface area contributed by atoms with Gasteiger partial charge in [-0.1, -0.05) is 13.0 Å². The highest BCUT2D eigenvalue weighted by Crippen LogP contribution is 2.29. The summed E-state index contributed by atoms with van der Waals surface area (Å²) in [7, 11) is 3.37. The monoisotopic (exact) mass is 281 g/mol. The first-order valence-corrected chi connectivity index (χ1v) is 7.26. The summed E-state index contributed by atoms with van der Waals surface area (Å²) in [6.45, 7) is 6.67. The lowest BCUT2D eigenvalue weighted by Crippen LogP contribution is -2.20. The van der Waals surface area contributed by atoms with Gasteiger partial charge in [-0.25, -0.2) is 0 Å². The van der Waals surface area contributed by atoms with E-state index in [9.17, 15) is 0 Å². The van der Waals surface area contributed by atoms with Gasteiger partial charge < -0.3 is 19.5 Å². The van der Waals surface area contributed by atoms with E-state index in [0.717, 1.165) is 36.4 Å². The molecule has 1 atom stereocenters. The van der Waals surface area contributed by atoms with Crippen LogP contribution in [0.1, 0.15) is 38.3 Å². The molecule has 0 fully saturated rings. The summed E-state index contributed by atoms with van der Waals surface area (Å²) in [5.74, 6) is 1.70. The van der Waals surface area contributed by atoms with Crippen LogP contribution in [0.2, 0.25) is 0 Å². The minimum atomic E-state index is 0.262. The van der Waals surface area contributed by atoms with Gasteiger partial charge in [-0.05, 0) is 26.0 Å². The van der Waals surface area contributed by atoms with Crippen molar-refractivity contribution in [2.75, 3.05) is 34.0 Å². The van der Waals surface area contributed by atoms with Gasteiger partial charge in [0.1, 0.15) is 11.5 Å². The van der Waals surface area contributed by atoms with Crippen molar-refractivity contribution in [2.24, 2.45) is 0 Å². The van der Waals surface area contributed by atoms with Gasteiger partial charge >= 0.3 is 0 Å². The van der Waals surface area contributed by atoms with Crippen LogP contribution in [-0.4, -0.2) is 34.0 Å². The minimum absolute atomic E-state index is 0.262. The lowest BCUT2D eigenvalue weighted by atomic mass is 10.1. The Labute approximate surface area is 122 Å². The second kappa shape index (κ2) is 9.61. The van der Waals surface area contributed by atoms with Gasteiger partial charge in [0.15, 0.2) is 0 Å². The molecular weight excluding hydrogens is 254 g/mol. The number of rotatable bonds is 10. The summed E-state index contributed by atoms with van der Waals surface area (Å²) in [6.07, 6.45) is 1.99. The summed E-state index contributed by atoms with van der Waals surface area (Å²) in [5.41, 5.74) is 1.16. The van der Waals surface area contributed by atoms with Crippen molar-refractivity contribution < 1.29 is 14.2 Å². The molecule has 0 aromatic heterocycles. The molecule has 0 bridgehead atoms. The highest BCUT2D eigenvalue weighted by atomic mass is 16.5. The largest absolute Gasteiger partial charge is 0.497 e. The molecule has 0 saturated carbocycles. The number of nitrogens with one attached hydrogen (secondary N) is 1. The molecule has 4 nitrogen and oxygen atoms in total. The molecular formula is C16H27NO3. The van der Waals surface area contributed by atoms with Crippen LogP contribution in [0, 0.1) is 0 Å². The minimum Gasteiger partial charge on any atom is -0.497 e. The molecule has 20 heavy (non-hydrogen) atoms. The van der Waals surface area contributed by atoms with E-state index in [1.165, 1.54) is 0 Å². The second-order valence-electron chi connectivity index (χ2n) is 4.77. The Hall–Kier alpha value is -1.26. The standard InChI is InChI=1S/C16H27NO3/c1-5-9-17-13(2)15-8-7-14(19-4)12-16(15)20-11-6-10-18-3/h7-8,12-13,17H,5-6,9-11H2,1-4H3. The topological polar surface area (TPSA) is 39.7 Å². The molecule has 0 radical (unpaired) electrons. The fourth-order valence-electron chi connectivity index (χ4n) is 1.98. The van der Waals surface area contributed by atoms with E-state index >= 15 is 0 Å². The van der Waals surface area contributed by atoms with E-state index < -0.39 is 0 Å². The van der Waals surface area contributed by atoms with Gasteiger partial charge in [-0.15, -0.1) is 0 Å². The summed E-state index contributed by atoms with van der Waals surface area (Å²) in [6, 6.07) is 6.25. The third-order valence-corrected chi connectivity index (χ3v) is 3.14. The van der Waals surface area contributed by atoms with Crippen molar-refractivity contribution in [2.45, 2.75) is 32.7 Å². The summed E-state index contributed by atoms with van der Waals surface area (Å²) < 4.78 is 16.2. The fourth-order valence-corrected chi connectivity index (χ4v) is 1.98. The molecule has 0 aliphatic carbocycles.